The number of H-pyrrole nitrogens is 4. The number of nitrogens with one attached hydrogen (secondary N) is 6. The number of hydrogen-bond donors (Lipinski definition) is 8. The van der Waals surface area contributed by atoms with Crippen molar-refractivity contribution >= 4 is 111 Å². The van der Waals surface area contributed by atoms with Crippen LogP contribution in [0.15, 0.2) is 97.1 Å². The molecule has 266 valence electrons. The van der Waals surface area contributed by atoms with Crippen LogP contribution in [-0.2, 0) is 0 Å². The van der Waals surface area contributed by atoms with Crippen LogP contribution >= 0.6 is 71.5 Å². The first-order valence-corrected chi connectivity index (χ1v) is 18.5. The van der Waals surface area contributed by atoms with Gasteiger partial charge in [0.25, 0.3) is 0 Å². The molecule has 0 bridgehead atoms. The highest BCUT2D eigenvalue weighted by molar-refractivity contribution is 7.76. The maximum atomic E-state index is 4.70. The summed E-state index contributed by atoms with van der Waals surface area (Å²) in [4.78, 5) is 0. The number of aromatic amines is 4. The van der Waals surface area contributed by atoms with Crippen molar-refractivity contribution in [1.29, 1.82) is 0 Å². The highest BCUT2D eigenvalue weighted by Crippen LogP contribution is 2.20. The standard InChI is InChI=1S/C30H34N4.2C2H2N2S3.2CH4/c1-21(2)23-5-7-25(8-6-23)32-27-13-15-29(16-14-27)34-30-19-17-28(18-20-30)33-26-11-9-24(10-12-26)31-22(3)4;2*5-1-3-4-2(6)7-1;;/h5-22,31-34H,1-4H3;2*(H,3,5)(H,4,6);2*1H4/p+2. The van der Waals surface area contributed by atoms with Gasteiger partial charge in [0.15, 0.2) is 15.8 Å². The van der Waals surface area contributed by atoms with E-state index in [-0.39, 0.29) is 14.9 Å². The minimum atomic E-state index is 0. The molecule has 10 N–H and O–H groups in total. The van der Waals surface area contributed by atoms with E-state index in [2.05, 4.69) is 166 Å². The number of quaternary nitrogens is 2. The summed E-state index contributed by atoms with van der Waals surface area (Å²) in [5.41, 5.74) is 9.48. The van der Waals surface area contributed by atoms with Crippen LogP contribution in [-0.4, -0.2) is 26.4 Å². The average molecular weight is 785 g/mol. The lowest BCUT2D eigenvalue weighted by atomic mass is 10.0. The molecule has 0 aliphatic heterocycles. The molecule has 8 nitrogen and oxygen atoms in total. The Morgan fingerprint density at radius 1 is 0.480 bits per heavy atom. The number of benzene rings is 4. The Bertz CT molecular complexity index is 1950. The zero-order valence-corrected chi connectivity index (χ0v) is 31.9. The average Bonchev–Trinajstić information content (AvgIpc) is 3.64. The Kier molecular flexibility index (Phi) is 18.4. The van der Waals surface area contributed by atoms with Crippen LogP contribution in [0.25, 0.3) is 0 Å². The van der Waals surface area contributed by atoms with Crippen molar-refractivity contribution in [1.82, 2.24) is 20.4 Å². The zero-order valence-electron chi connectivity index (χ0n) is 27.0. The van der Waals surface area contributed by atoms with Crippen molar-refractivity contribution in [3.8, 4) is 0 Å². The fourth-order valence-corrected chi connectivity index (χ4v) is 6.60. The molecular weight excluding hydrogens is 737 g/mol. The molecular formula is C36H48N8S6+2. The Hall–Kier alpha value is -3.60. The molecule has 2 heterocycles. The first-order valence-electron chi connectivity index (χ1n) is 15.2. The maximum Gasteiger partial charge on any atom is 0.175 e. The minimum absolute atomic E-state index is 0. The van der Waals surface area contributed by atoms with E-state index in [0.29, 0.717) is 27.8 Å². The van der Waals surface area contributed by atoms with Gasteiger partial charge in [-0.2, -0.15) is 0 Å². The van der Waals surface area contributed by atoms with Gasteiger partial charge < -0.3 is 10.6 Å². The predicted molar refractivity (Wildman–Crippen MR) is 227 cm³/mol. The van der Waals surface area contributed by atoms with E-state index in [1.165, 1.54) is 51.0 Å². The Labute approximate surface area is 323 Å². The predicted octanol–water partition coefficient (Wildman–Crippen LogP) is 11.4. The molecule has 6 aromatic rings. The van der Waals surface area contributed by atoms with E-state index in [0.717, 1.165) is 17.1 Å². The van der Waals surface area contributed by atoms with Gasteiger partial charge in [-0.15, -0.1) is 0 Å². The molecule has 6 rings (SSSR count). The van der Waals surface area contributed by atoms with Crippen molar-refractivity contribution in [2.24, 2.45) is 0 Å². The molecule has 0 atom stereocenters. The second-order valence-corrected chi connectivity index (χ2v) is 16.0. The molecule has 0 fully saturated rings. The Morgan fingerprint density at radius 2 is 0.780 bits per heavy atom. The highest BCUT2D eigenvalue weighted by Gasteiger charge is 2.05. The van der Waals surface area contributed by atoms with Crippen molar-refractivity contribution in [3.63, 3.8) is 0 Å². The molecule has 50 heavy (non-hydrogen) atoms. The number of rotatable bonds is 9. The van der Waals surface area contributed by atoms with Gasteiger partial charge in [0.05, 0.1) is 0 Å². The first-order chi connectivity index (χ1) is 23.0. The van der Waals surface area contributed by atoms with E-state index in [9.17, 15) is 0 Å². The number of aromatic nitrogens is 4. The minimum Gasteiger partial charge on any atom is -0.383 e. The van der Waals surface area contributed by atoms with E-state index in [1.54, 1.807) is 0 Å². The van der Waals surface area contributed by atoms with Crippen LogP contribution in [0.4, 0.5) is 39.8 Å². The van der Waals surface area contributed by atoms with Gasteiger partial charge in [-0.25, -0.2) is 0 Å². The fraction of sp³-hybridized carbons (Fsp3) is 0.222. The van der Waals surface area contributed by atoms with Crippen molar-refractivity contribution in [2.45, 2.75) is 54.5 Å². The normalized spacial score (nSPS) is 10.1. The third-order valence-electron chi connectivity index (χ3n) is 6.65. The van der Waals surface area contributed by atoms with Crippen LogP contribution in [0.2, 0.25) is 0 Å². The number of anilines is 3. The van der Waals surface area contributed by atoms with E-state index < -0.39 is 0 Å². The zero-order chi connectivity index (χ0) is 34.5. The smallest absolute Gasteiger partial charge is 0.175 e. The van der Waals surface area contributed by atoms with Crippen LogP contribution in [0, 0.1) is 15.8 Å². The largest absolute Gasteiger partial charge is 0.383 e. The van der Waals surface area contributed by atoms with E-state index in [1.807, 2.05) is 0 Å². The number of nitrogens with two attached hydrogens (primary N) is 2. The molecule has 0 aliphatic carbocycles. The molecule has 0 saturated heterocycles. The fourth-order valence-electron chi connectivity index (χ4n) is 4.34. The summed E-state index contributed by atoms with van der Waals surface area (Å²) in [6.07, 6.45) is 0. The molecule has 0 unspecified atom stereocenters. The lowest BCUT2D eigenvalue weighted by Gasteiger charge is -2.10. The third kappa shape index (κ3) is 15.1. The van der Waals surface area contributed by atoms with E-state index in [4.69, 9.17) is 48.9 Å². The summed E-state index contributed by atoms with van der Waals surface area (Å²) in [7, 11) is 0. The second kappa shape index (κ2) is 21.6. The molecule has 4 aromatic carbocycles. The van der Waals surface area contributed by atoms with Gasteiger partial charge >= 0.3 is 0 Å². The second-order valence-electron chi connectivity index (χ2n) is 11.3. The highest BCUT2D eigenvalue weighted by atomic mass is 32.2. The van der Waals surface area contributed by atoms with Crippen LogP contribution in [0.5, 0.6) is 0 Å². The van der Waals surface area contributed by atoms with Crippen LogP contribution in [0.3, 0.4) is 0 Å². The van der Waals surface area contributed by atoms with Gasteiger partial charge in [-0.3, -0.25) is 31.0 Å². The van der Waals surface area contributed by atoms with E-state index >= 15 is 0 Å². The third-order valence-corrected chi connectivity index (χ3v) is 9.21. The summed E-state index contributed by atoms with van der Waals surface area (Å²) in [6, 6.07) is 34.9. The van der Waals surface area contributed by atoms with Gasteiger partial charge in [-0.1, -0.05) is 63.5 Å². The van der Waals surface area contributed by atoms with Crippen molar-refractivity contribution in [2.75, 3.05) is 10.6 Å². The van der Waals surface area contributed by atoms with Gasteiger partial charge in [-0.05, 0) is 123 Å². The van der Waals surface area contributed by atoms with Crippen LogP contribution in [0.1, 0.15) is 54.0 Å². The molecule has 0 amide bonds. The Balaban J connectivity index is 0.000000448. The lowest BCUT2D eigenvalue weighted by Crippen LogP contribution is -2.70. The Morgan fingerprint density at radius 3 is 1.04 bits per heavy atom. The van der Waals surface area contributed by atoms with Gasteiger partial charge in [0, 0.05) is 59.5 Å². The molecule has 2 aromatic heterocycles. The number of hydrogen-bond acceptors (Lipinski definition) is 8. The molecule has 0 saturated carbocycles. The SMILES string of the molecule is C.C.CC(C)Nc1ccc([NH2+]c2ccc(Nc3ccc([NH2+]c4ccc(C(C)C)cc4)cc3)cc2)cc1.S=c1[nH][nH]c(=S)s1.S=c1[nH][nH]c(=S)s1. The first kappa shape index (κ1) is 42.6. The molecule has 14 heteroatoms. The van der Waals surface area contributed by atoms with Gasteiger partial charge in [0.1, 0.15) is 22.7 Å². The van der Waals surface area contributed by atoms with Crippen molar-refractivity contribution in [3.05, 3.63) is 118 Å². The topological polar surface area (TPSA) is 120 Å². The molecule has 0 radical (unpaired) electrons. The molecule has 0 aliphatic rings. The van der Waals surface area contributed by atoms with Crippen LogP contribution < -0.4 is 21.3 Å². The molecule has 0 spiro atoms. The lowest BCUT2D eigenvalue weighted by molar-refractivity contribution is -0.479. The maximum absolute atomic E-state index is 4.70. The van der Waals surface area contributed by atoms with Crippen molar-refractivity contribution < 1.29 is 10.6 Å². The summed E-state index contributed by atoms with van der Waals surface area (Å²) < 4.78 is 2.80. The quantitative estimate of drug-likeness (QED) is 0.0546. The summed E-state index contributed by atoms with van der Waals surface area (Å²) in [6.45, 7) is 8.74. The summed E-state index contributed by atoms with van der Waals surface area (Å²) in [5.74, 6) is 0.560. The summed E-state index contributed by atoms with van der Waals surface area (Å²) >= 11 is 21.5. The summed E-state index contributed by atoms with van der Waals surface area (Å²) in [5, 5.41) is 22.0. The monoisotopic (exact) mass is 784 g/mol. The van der Waals surface area contributed by atoms with Gasteiger partial charge in [0.2, 0.25) is 0 Å².